The first-order valence-corrected chi connectivity index (χ1v) is 12.1. The van der Waals surface area contributed by atoms with E-state index in [1.165, 1.54) is 12.8 Å². The summed E-state index contributed by atoms with van der Waals surface area (Å²) in [4.78, 5) is 20.5. The fourth-order valence-electron chi connectivity index (χ4n) is 4.69. The summed E-state index contributed by atoms with van der Waals surface area (Å²) in [7, 11) is 0. The van der Waals surface area contributed by atoms with E-state index in [1.54, 1.807) is 19.1 Å². The van der Waals surface area contributed by atoms with Gasteiger partial charge in [0.15, 0.2) is 0 Å². The highest BCUT2D eigenvalue weighted by Crippen LogP contribution is 2.37. The second-order valence-electron chi connectivity index (χ2n) is 9.09. The lowest BCUT2D eigenvalue weighted by Gasteiger charge is -2.28. The Hall–Kier alpha value is -4.06. The van der Waals surface area contributed by atoms with E-state index in [4.69, 9.17) is 21.5 Å². The maximum Gasteiger partial charge on any atom is 0.338 e. The van der Waals surface area contributed by atoms with Crippen molar-refractivity contribution < 1.29 is 9.53 Å². The highest BCUT2D eigenvalue weighted by Gasteiger charge is 2.25. The Bertz CT molecular complexity index is 1440. The average Bonchev–Trinajstić information content (AvgIpc) is 3.27. The van der Waals surface area contributed by atoms with E-state index in [2.05, 4.69) is 20.6 Å². The number of rotatable bonds is 4. The molecule has 6 rings (SSSR count). The number of benzene rings is 2. The van der Waals surface area contributed by atoms with Gasteiger partial charge in [-0.25, -0.2) is 14.8 Å². The van der Waals surface area contributed by atoms with Crippen LogP contribution in [0.3, 0.4) is 0 Å². The Balaban J connectivity index is 0.000000197. The molecule has 9 nitrogen and oxygen atoms in total. The van der Waals surface area contributed by atoms with Crippen LogP contribution in [-0.4, -0.2) is 31.7 Å². The number of nitrogens with zero attached hydrogens (tertiary/aromatic N) is 5. The fourth-order valence-corrected chi connectivity index (χ4v) is 4.69. The molecule has 196 valence electrons. The maximum absolute atomic E-state index is 11.8. The zero-order valence-electron chi connectivity index (χ0n) is 19.8. The van der Waals surface area contributed by atoms with Gasteiger partial charge in [-0.15, -0.1) is 0 Å². The van der Waals surface area contributed by atoms with Gasteiger partial charge < -0.3 is 25.3 Å². The van der Waals surface area contributed by atoms with E-state index in [0.29, 0.717) is 41.7 Å². The predicted octanol–water partition coefficient (Wildman–Crippen LogP) is 6.01. The minimum absolute atomic E-state index is 0. The third-order valence-corrected chi connectivity index (χ3v) is 6.95. The molecule has 2 saturated carbocycles. The number of aromatic nitrogens is 4. The lowest BCUT2D eigenvalue weighted by molar-refractivity contribution is 0.0526. The number of carbonyl (C=O) groups is 1. The van der Waals surface area contributed by atoms with Gasteiger partial charge in [-0.05, 0) is 81.8 Å². The zero-order chi connectivity index (χ0) is 24.5. The summed E-state index contributed by atoms with van der Waals surface area (Å²) < 4.78 is 9.14. The van der Waals surface area contributed by atoms with Crippen LogP contribution in [-0.2, 0) is 4.74 Å². The molecule has 2 heterocycles. The lowest BCUT2D eigenvalue weighted by atomic mass is 9.92. The molecular formula is C28H37N7O2. The molecule has 0 radical (unpaired) electrons. The number of esters is 1. The number of imidazole rings is 2. The molecule has 0 unspecified atom stereocenters. The molecule has 37 heavy (non-hydrogen) atoms. The summed E-state index contributed by atoms with van der Waals surface area (Å²) in [5.41, 5.74) is 16.7. The van der Waals surface area contributed by atoms with E-state index < -0.39 is 0 Å². The molecule has 0 aliphatic heterocycles. The van der Waals surface area contributed by atoms with E-state index in [0.717, 1.165) is 47.8 Å². The summed E-state index contributed by atoms with van der Waals surface area (Å²) in [5, 5.41) is 8.89. The molecule has 9 heteroatoms. The number of ether oxygens (including phenoxy) is 1. The number of hydrogen-bond acceptors (Lipinski definition) is 7. The summed E-state index contributed by atoms with van der Waals surface area (Å²) in [6.07, 6.45) is 7.04. The molecule has 2 aliphatic rings. The number of hydrogen-bond donors (Lipinski definition) is 2. The Labute approximate surface area is 218 Å². The van der Waals surface area contributed by atoms with Crippen LogP contribution in [0.2, 0.25) is 0 Å². The Morgan fingerprint density at radius 1 is 0.946 bits per heavy atom. The van der Waals surface area contributed by atoms with Gasteiger partial charge >= 0.3 is 5.97 Å². The molecule has 2 aliphatic carbocycles. The van der Waals surface area contributed by atoms with Gasteiger partial charge in [0.05, 0.1) is 45.9 Å². The minimum Gasteiger partial charge on any atom is -0.462 e. The normalized spacial score (nSPS) is 14.8. The molecule has 0 amide bonds. The van der Waals surface area contributed by atoms with Crippen molar-refractivity contribution in [3.8, 4) is 6.07 Å². The third kappa shape index (κ3) is 5.10. The van der Waals surface area contributed by atoms with Gasteiger partial charge in [0.1, 0.15) is 0 Å². The first-order valence-electron chi connectivity index (χ1n) is 12.1. The van der Waals surface area contributed by atoms with Crippen LogP contribution in [0.15, 0.2) is 36.4 Å². The van der Waals surface area contributed by atoms with Crippen molar-refractivity contribution in [1.29, 1.82) is 5.26 Å². The number of nitrogen functional groups attached to an aromatic ring is 2. The highest BCUT2D eigenvalue weighted by atomic mass is 16.5. The van der Waals surface area contributed by atoms with Crippen LogP contribution in [0.25, 0.3) is 22.1 Å². The summed E-state index contributed by atoms with van der Waals surface area (Å²) >= 11 is 0. The van der Waals surface area contributed by atoms with Gasteiger partial charge in [-0.3, -0.25) is 0 Å². The van der Waals surface area contributed by atoms with Crippen LogP contribution in [0.5, 0.6) is 0 Å². The largest absolute Gasteiger partial charge is 0.462 e. The van der Waals surface area contributed by atoms with Gasteiger partial charge in [0, 0.05) is 12.1 Å². The van der Waals surface area contributed by atoms with Gasteiger partial charge in [0.2, 0.25) is 11.9 Å². The second kappa shape index (κ2) is 11.3. The van der Waals surface area contributed by atoms with Crippen LogP contribution < -0.4 is 11.5 Å². The van der Waals surface area contributed by atoms with Crippen molar-refractivity contribution in [2.75, 3.05) is 18.1 Å². The van der Waals surface area contributed by atoms with Crippen molar-refractivity contribution >= 4 is 39.9 Å². The topological polar surface area (TPSA) is 138 Å². The summed E-state index contributed by atoms with van der Waals surface area (Å²) in [6.45, 7) is 2.17. The van der Waals surface area contributed by atoms with Crippen molar-refractivity contribution in [3.63, 3.8) is 0 Å². The molecule has 0 spiro atoms. The van der Waals surface area contributed by atoms with E-state index in [9.17, 15) is 4.79 Å². The molecule has 4 N–H and O–H groups in total. The first-order chi connectivity index (χ1) is 17.0. The van der Waals surface area contributed by atoms with E-state index in [1.807, 2.05) is 28.8 Å². The van der Waals surface area contributed by atoms with Crippen molar-refractivity contribution in [2.45, 2.75) is 72.4 Å². The van der Waals surface area contributed by atoms with Crippen molar-refractivity contribution in [2.24, 2.45) is 0 Å². The average molecular weight is 504 g/mol. The number of nitrogens with two attached hydrogens (primary N) is 2. The van der Waals surface area contributed by atoms with Crippen LogP contribution in [0.4, 0.5) is 11.9 Å². The predicted molar refractivity (Wildman–Crippen MR) is 148 cm³/mol. The molecule has 0 bridgehead atoms. The molecule has 4 aromatic rings. The van der Waals surface area contributed by atoms with Gasteiger partial charge in [-0.1, -0.05) is 14.9 Å². The maximum atomic E-state index is 11.8. The molecule has 2 fully saturated rings. The highest BCUT2D eigenvalue weighted by molar-refractivity contribution is 5.94. The summed E-state index contributed by atoms with van der Waals surface area (Å²) in [6, 6.07) is 13.9. The standard InChI is InChI=1S/C14H17N3O2.C12H12N4.2CH4/c1-2-19-13(18)9-6-7-11-12(8-9)17(14(15)16-11)10-4-3-5-10;13-7-8-4-5-10-11(6-8)16(12(14)15-10)9-2-1-3-9;;/h6-8,10H,2-5H2,1H3,(H2,15,16);4-6,9H,1-3H2,(H2,14,15);2*1H4. The lowest BCUT2D eigenvalue weighted by Crippen LogP contribution is -2.18. The second-order valence-corrected chi connectivity index (χ2v) is 9.09. The van der Waals surface area contributed by atoms with Crippen LogP contribution in [0.1, 0.15) is 88.3 Å². The third-order valence-electron chi connectivity index (χ3n) is 6.95. The van der Waals surface area contributed by atoms with Crippen molar-refractivity contribution in [3.05, 3.63) is 47.5 Å². The number of carbonyl (C=O) groups excluding carboxylic acids is 1. The Kier molecular flexibility index (Phi) is 8.43. The summed E-state index contributed by atoms with van der Waals surface area (Å²) in [5.74, 6) is 0.792. The Morgan fingerprint density at radius 2 is 1.46 bits per heavy atom. The first kappa shape index (κ1) is 27.5. The van der Waals surface area contributed by atoms with Crippen LogP contribution in [0, 0.1) is 11.3 Å². The van der Waals surface area contributed by atoms with Crippen LogP contribution >= 0.6 is 0 Å². The smallest absolute Gasteiger partial charge is 0.338 e. The molecule has 2 aromatic heterocycles. The zero-order valence-corrected chi connectivity index (χ0v) is 19.8. The fraction of sp³-hybridized carbons (Fsp3) is 0.429. The number of anilines is 2. The van der Waals surface area contributed by atoms with E-state index >= 15 is 0 Å². The van der Waals surface area contributed by atoms with Gasteiger partial charge in [0.25, 0.3) is 0 Å². The molecular weight excluding hydrogens is 466 g/mol. The minimum atomic E-state index is -0.302. The monoisotopic (exact) mass is 503 g/mol. The molecule has 2 aromatic carbocycles. The number of fused-ring (bicyclic) bond motifs is 2. The Morgan fingerprint density at radius 3 is 1.92 bits per heavy atom. The SMILES string of the molecule is C.C.CCOC(=O)c1ccc2nc(N)n(C3CCC3)c2c1.N#Cc1ccc2nc(N)n(C3CCC3)c2c1. The molecule has 0 saturated heterocycles. The number of nitriles is 1. The molecule has 0 atom stereocenters. The van der Waals surface area contributed by atoms with E-state index in [-0.39, 0.29) is 20.8 Å². The quantitative estimate of drug-likeness (QED) is 0.325. The van der Waals surface area contributed by atoms with Gasteiger partial charge in [-0.2, -0.15) is 5.26 Å². The van der Waals surface area contributed by atoms with Crippen molar-refractivity contribution in [1.82, 2.24) is 19.1 Å².